The topological polar surface area (TPSA) is 77.5 Å². The molecule has 0 heterocycles. The second-order valence-corrected chi connectivity index (χ2v) is 9.77. The Morgan fingerprint density at radius 3 is 1.94 bits per heavy atom. The maximum absolute atomic E-state index is 14.5. The summed E-state index contributed by atoms with van der Waals surface area (Å²) in [6, 6.07) is 4.61. The van der Waals surface area contributed by atoms with Crippen molar-refractivity contribution in [2.75, 3.05) is 12.9 Å². The molecule has 0 N–H and O–H groups in total. The van der Waals surface area contributed by atoms with E-state index in [2.05, 4.69) is 4.74 Å². The number of hydrogen-bond acceptors (Lipinski definition) is 5. The third-order valence-electron chi connectivity index (χ3n) is 5.20. The number of methoxy groups -OCH3 is 1. The van der Waals surface area contributed by atoms with Crippen molar-refractivity contribution < 1.29 is 53.5 Å². The van der Waals surface area contributed by atoms with Gasteiger partial charge < -0.3 is 4.74 Å². The van der Waals surface area contributed by atoms with Crippen LogP contribution in [0.25, 0.3) is 0 Å². The van der Waals surface area contributed by atoms with Crippen LogP contribution in [0.15, 0.2) is 41.3 Å². The molecule has 5 nitrogen and oxygen atoms in total. The van der Waals surface area contributed by atoms with Gasteiger partial charge in [0, 0.05) is 17.5 Å². The number of Topliss-reactive ketones (excluding diaryl/α,β-unsaturated/α-hetero) is 1. The van der Waals surface area contributed by atoms with E-state index >= 15 is 0 Å². The first kappa shape index (κ1) is 28.3. The minimum atomic E-state index is -6.42. The number of benzene rings is 2. The number of esters is 1. The van der Waals surface area contributed by atoms with Gasteiger partial charge in [0.2, 0.25) is 0 Å². The Kier molecular flexibility index (Phi) is 7.75. The van der Waals surface area contributed by atoms with Crippen molar-refractivity contribution in [3.8, 4) is 0 Å². The largest absolute Gasteiger partial charge is 0.465 e. The minimum Gasteiger partial charge on any atom is -0.465 e. The summed E-state index contributed by atoms with van der Waals surface area (Å²) < 4.78 is 122. The fourth-order valence-electron chi connectivity index (χ4n) is 3.27. The van der Waals surface area contributed by atoms with Crippen LogP contribution in [0.2, 0.25) is 0 Å². The van der Waals surface area contributed by atoms with Crippen LogP contribution in [0.3, 0.4) is 0 Å². The predicted molar refractivity (Wildman–Crippen MR) is 110 cm³/mol. The number of ketones is 1. The number of sulfone groups is 1. The number of hydrogen-bond donors (Lipinski definition) is 0. The van der Waals surface area contributed by atoms with Crippen LogP contribution in [0, 0.1) is 6.92 Å². The second kappa shape index (κ2) is 9.59. The van der Waals surface area contributed by atoms with Gasteiger partial charge in [0.1, 0.15) is 0 Å². The molecule has 2 aromatic rings. The van der Waals surface area contributed by atoms with Crippen molar-refractivity contribution in [2.24, 2.45) is 0 Å². The molecule has 0 saturated heterocycles. The SMILES string of the molecule is CCS(=O)(=O)c1cc(C)ccc1C(=O)Cc1ccc(C(F)(C(F)(F)F)C(F)(F)F)cc1C(=O)OC. The highest BCUT2D eigenvalue weighted by atomic mass is 32.2. The maximum Gasteiger partial charge on any atom is 0.435 e. The van der Waals surface area contributed by atoms with Gasteiger partial charge in [-0.1, -0.05) is 25.1 Å². The average Bonchev–Trinajstić information content (AvgIpc) is 2.76. The van der Waals surface area contributed by atoms with Crippen molar-refractivity contribution in [3.63, 3.8) is 0 Å². The molecule has 0 aliphatic carbocycles. The van der Waals surface area contributed by atoms with Gasteiger partial charge in [-0.15, -0.1) is 0 Å². The van der Waals surface area contributed by atoms with Crippen LogP contribution in [0.1, 0.15) is 44.3 Å². The van der Waals surface area contributed by atoms with Crippen molar-refractivity contribution in [1.29, 1.82) is 0 Å². The Labute approximate surface area is 195 Å². The number of carbonyl (C=O) groups excluding carboxylic acids is 2. The quantitative estimate of drug-likeness (QED) is 0.277. The number of alkyl halides is 7. The predicted octanol–water partition coefficient (Wildman–Crippen LogP) is 5.29. The highest BCUT2D eigenvalue weighted by Gasteiger charge is 2.73. The summed E-state index contributed by atoms with van der Waals surface area (Å²) in [5.41, 5.74) is -8.82. The van der Waals surface area contributed by atoms with Gasteiger partial charge in [0.15, 0.2) is 15.6 Å². The third-order valence-corrected chi connectivity index (χ3v) is 6.97. The molecule has 0 aliphatic heterocycles. The lowest BCUT2D eigenvalue weighted by molar-refractivity contribution is -0.348. The van der Waals surface area contributed by atoms with E-state index in [0.717, 1.165) is 7.11 Å². The molecular formula is C22H19F7O5S. The lowest BCUT2D eigenvalue weighted by Gasteiger charge is -2.30. The first-order chi connectivity index (χ1) is 15.9. The molecule has 13 heteroatoms. The lowest BCUT2D eigenvalue weighted by Crippen LogP contribution is -2.50. The van der Waals surface area contributed by atoms with Crippen LogP contribution in [-0.4, -0.2) is 45.4 Å². The van der Waals surface area contributed by atoms with Gasteiger partial charge in [0.05, 0.1) is 23.3 Å². The zero-order valence-corrected chi connectivity index (χ0v) is 19.3. The summed E-state index contributed by atoms with van der Waals surface area (Å²) in [6.45, 7) is 2.91. The lowest BCUT2D eigenvalue weighted by atomic mass is 9.89. The van der Waals surface area contributed by atoms with Crippen LogP contribution < -0.4 is 0 Å². The van der Waals surface area contributed by atoms with E-state index in [-0.39, 0.29) is 28.3 Å². The molecule has 0 fully saturated rings. The fraction of sp³-hybridized carbons (Fsp3) is 0.364. The van der Waals surface area contributed by atoms with Crippen LogP contribution >= 0.6 is 0 Å². The standard InChI is InChI=1S/C22H19F7O5S/c1-4-35(32,33)18-9-12(2)5-8-15(18)17(30)10-13-6-7-14(11-16(13)19(31)34-3)20(23,21(24,25)26)22(27,28)29/h5-9,11H,4,10H2,1-3H3. The molecule has 0 unspecified atom stereocenters. The summed E-state index contributed by atoms with van der Waals surface area (Å²) in [6.07, 6.45) is -13.6. The molecule has 0 saturated carbocycles. The van der Waals surface area contributed by atoms with E-state index in [1.807, 2.05) is 0 Å². The number of carbonyl (C=O) groups is 2. The van der Waals surface area contributed by atoms with E-state index in [9.17, 15) is 48.7 Å². The number of aryl methyl sites for hydroxylation is 1. The molecule has 0 atom stereocenters. The zero-order chi connectivity index (χ0) is 27.0. The first-order valence-corrected chi connectivity index (χ1v) is 11.5. The Hall–Kier alpha value is -2.96. The van der Waals surface area contributed by atoms with Crippen molar-refractivity contribution in [1.82, 2.24) is 0 Å². The molecule has 0 aliphatic rings. The molecule has 0 spiro atoms. The van der Waals surface area contributed by atoms with Gasteiger partial charge >= 0.3 is 24.0 Å². The summed E-state index contributed by atoms with van der Waals surface area (Å²) in [5.74, 6) is -2.67. The van der Waals surface area contributed by atoms with E-state index in [0.29, 0.717) is 11.6 Å². The summed E-state index contributed by atoms with van der Waals surface area (Å²) >= 11 is 0. The minimum absolute atomic E-state index is 0.0221. The van der Waals surface area contributed by atoms with Gasteiger partial charge in [-0.3, -0.25) is 4.79 Å². The van der Waals surface area contributed by atoms with Gasteiger partial charge in [-0.25, -0.2) is 17.6 Å². The summed E-state index contributed by atoms with van der Waals surface area (Å²) in [7, 11) is -3.11. The van der Waals surface area contributed by atoms with Gasteiger partial charge in [0.25, 0.3) is 0 Å². The molecule has 2 aromatic carbocycles. The molecule has 2 rings (SSSR count). The van der Waals surface area contributed by atoms with Gasteiger partial charge in [-0.05, 0) is 36.2 Å². The molecule has 0 amide bonds. The number of rotatable bonds is 7. The third kappa shape index (κ3) is 5.34. The second-order valence-electron chi connectivity index (χ2n) is 7.52. The van der Waals surface area contributed by atoms with Crippen LogP contribution in [-0.2, 0) is 26.7 Å². The normalized spacial score (nSPS) is 13.0. The Morgan fingerprint density at radius 1 is 0.886 bits per heavy atom. The molecule has 35 heavy (non-hydrogen) atoms. The Balaban J connectivity index is 2.66. The van der Waals surface area contributed by atoms with Gasteiger partial charge in [-0.2, -0.15) is 26.3 Å². The number of ether oxygens (including phenoxy) is 1. The molecule has 0 bridgehead atoms. The molecule has 0 aromatic heterocycles. The highest BCUT2D eigenvalue weighted by Crippen LogP contribution is 2.53. The smallest absolute Gasteiger partial charge is 0.435 e. The summed E-state index contributed by atoms with van der Waals surface area (Å²) in [5, 5.41) is 0. The van der Waals surface area contributed by atoms with Crippen LogP contribution in [0.4, 0.5) is 30.7 Å². The monoisotopic (exact) mass is 528 g/mol. The fourth-order valence-corrected chi connectivity index (χ4v) is 4.47. The Bertz CT molecular complexity index is 1230. The zero-order valence-electron chi connectivity index (χ0n) is 18.5. The maximum atomic E-state index is 14.5. The van der Waals surface area contributed by atoms with Crippen molar-refractivity contribution >= 4 is 21.6 Å². The van der Waals surface area contributed by atoms with Crippen molar-refractivity contribution in [2.45, 2.75) is 43.2 Å². The summed E-state index contributed by atoms with van der Waals surface area (Å²) in [4.78, 5) is 24.7. The van der Waals surface area contributed by atoms with Crippen LogP contribution in [0.5, 0.6) is 0 Å². The highest BCUT2D eigenvalue weighted by molar-refractivity contribution is 7.91. The Morgan fingerprint density at radius 2 is 1.46 bits per heavy atom. The van der Waals surface area contributed by atoms with Crippen molar-refractivity contribution in [3.05, 3.63) is 64.2 Å². The van der Waals surface area contributed by atoms with E-state index in [1.165, 1.54) is 25.1 Å². The first-order valence-electron chi connectivity index (χ1n) is 9.81. The number of halogens is 7. The molecule has 0 radical (unpaired) electrons. The van der Waals surface area contributed by atoms with E-state index < -0.39 is 62.7 Å². The molecular weight excluding hydrogens is 509 g/mol. The molecule has 192 valence electrons. The van der Waals surface area contributed by atoms with E-state index in [4.69, 9.17) is 0 Å². The van der Waals surface area contributed by atoms with E-state index in [1.54, 1.807) is 6.92 Å². The average molecular weight is 528 g/mol.